The summed E-state index contributed by atoms with van der Waals surface area (Å²) >= 11 is 0. The SMILES string of the molecule is Cc1ccc2c(oc3ccccc32)c1N(c1ccc(-c2ccccc2)cc1)c1ccc(-c2cc3ccccc3c3ccccc23)cc1. The Morgan fingerprint density at radius 3 is 1.74 bits per heavy atom. The first kappa shape index (κ1) is 27.2. The summed E-state index contributed by atoms with van der Waals surface area (Å²) in [7, 11) is 0. The fraction of sp³-hybridized carbons (Fsp3) is 0.0222. The average molecular weight is 602 g/mol. The number of rotatable bonds is 5. The monoisotopic (exact) mass is 601 g/mol. The van der Waals surface area contributed by atoms with E-state index in [-0.39, 0.29) is 0 Å². The van der Waals surface area contributed by atoms with E-state index < -0.39 is 0 Å². The summed E-state index contributed by atoms with van der Waals surface area (Å²) in [6.45, 7) is 2.17. The molecule has 8 aromatic carbocycles. The van der Waals surface area contributed by atoms with Crippen molar-refractivity contribution >= 4 is 60.5 Å². The molecule has 1 heterocycles. The molecule has 0 spiro atoms. The maximum Gasteiger partial charge on any atom is 0.159 e. The van der Waals surface area contributed by atoms with Gasteiger partial charge >= 0.3 is 0 Å². The van der Waals surface area contributed by atoms with Crippen molar-refractivity contribution in [2.75, 3.05) is 4.90 Å². The van der Waals surface area contributed by atoms with Gasteiger partial charge in [-0.3, -0.25) is 0 Å². The summed E-state index contributed by atoms with van der Waals surface area (Å²) < 4.78 is 6.62. The standard InChI is InChI=1S/C45H31NO/c1-30-19-28-41-40-17-9-10-18-43(40)47-45(41)44(30)46(35-24-20-32(21-25-35)31-11-3-2-4-12-31)36-26-22-33(23-27-36)42-29-34-13-5-6-14-37(34)38-15-7-8-16-39(38)42/h2-29H,1H3. The molecule has 0 saturated carbocycles. The molecule has 2 nitrogen and oxygen atoms in total. The smallest absolute Gasteiger partial charge is 0.159 e. The first-order valence-electron chi connectivity index (χ1n) is 16.1. The number of hydrogen-bond acceptors (Lipinski definition) is 2. The van der Waals surface area contributed by atoms with Gasteiger partial charge in [-0.1, -0.05) is 133 Å². The number of anilines is 3. The largest absolute Gasteiger partial charge is 0.454 e. The molecule has 9 aromatic rings. The Hall–Kier alpha value is -6.12. The van der Waals surface area contributed by atoms with Gasteiger partial charge in [-0.15, -0.1) is 0 Å². The Labute approximate surface area is 273 Å². The van der Waals surface area contributed by atoms with Crippen LogP contribution in [0, 0.1) is 6.92 Å². The van der Waals surface area contributed by atoms with E-state index in [1.165, 1.54) is 43.8 Å². The minimum atomic E-state index is 0.892. The second kappa shape index (κ2) is 11.0. The summed E-state index contributed by atoms with van der Waals surface area (Å²) in [5, 5.41) is 7.31. The third-order valence-corrected chi connectivity index (χ3v) is 9.38. The van der Waals surface area contributed by atoms with Crippen LogP contribution in [0.4, 0.5) is 17.1 Å². The molecular weight excluding hydrogens is 571 g/mol. The lowest BCUT2D eigenvalue weighted by atomic mass is 9.93. The zero-order valence-electron chi connectivity index (χ0n) is 26.0. The molecule has 0 bridgehead atoms. The maximum absolute atomic E-state index is 6.62. The molecular formula is C45H31NO. The van der Waals surface area contributed by atoms with Crippen LogP contribution < -0.4 is 4.90 Å². The van der Waals surface area contributed by atoms with Crippen molar-refractivity contribution in [3.63, 3.8) is 0 Å². The lowest BCUT2D eigenvalue weighted by molar-refractivity contribution is 0.668. The van der Waals surface area contributed by atoms with Gasteiger partial charge in [0.25, 0.3) is 0 Å². The van der Waals surface area contributed by atoms with Gasteiger partial charge in [0.1, 0.15) is 5.58 Å². The molecule has 0 saturated heterocycles. The fourth-order valence-corrected chi connectivity index (χ4v) is 7.07. The van der Waals surface area contributed by atoms with E-state index in [1.807, 2.05) is 6.07 Å². The second-order valence-electron chi connectivity index (χ2n) is 12.2. The van der Waals surface area contributed by atoms with E-state index in [1.54, 1.807) is 0 Å². The Balaban J connectivity index is 1.23. The van der Waals surface area contributed by atoms with Crippen molar-refractivity contribution in [3.05, 3.63) is 175 Å². The number of benzene rings is 8. The number of fused-ring (bicyclic) bond motifs is 6. The molecule has 0 aliphatic heterocycles. The lowest BCUT2D eigenvalue weighted by Crippen LogP contribution is -2.11. The van der Waals surface area contributed by atoms with Crippen LogP contribution >= 0.6 is 0 Å². The summed E-state index contributed by atoms with van der Waals surface area (Å²) in [5.74, 6) is 0. The van der Waals surface area contributed by atoms with Gasteiger partial charge < -0.3 is 9.32 Å². The molecule has 9 rings (SSSR count). The van der Waals surface area contributed by atoms with Gasteiger partial charge in [-0.25, -0.2) is 0 Å². The second-order valence-corrected chi connectivity index (χ2v) is 12.2. The molecule has 0 radical (unpaired) electrons. The Kier molecular flexibility index (Phi) is 6.39. The summed E-state index contributed by atoms with van der Waals surface area (Å²) in [6, 6.07) is 60.8. The normalized spacial score (nSPS) is 11.5. The van der Waals surface area contributed by atoms with Gasteiger partial charge in [0.15, 0.2) is 5.58 Å². The molecule has 222 valence electrons. The summed E-state index contributed by atoms with van der Waals surface area (Å²) in [6.07, 6.45) is 0. The number of aryl methyl sites for hydroxylation is 1. The number of hydrogen-bond donors (Lipinski definition) is 0. The molecule has 0 unspecified atom stereocenters. The minimum absolute atomic E-state index is 0.892. The molecule has 0 N–H and O–H groups in total. The van der Waals surface area contributed by atoms with E-state index in [9.17, 15) is 0 Å². The van der Waals surface area contributed by atoms with Gasteiger partial charge in [-0.2, -0.15) is 0 Å². The minimum Gasteiger partial charge on any atom is -0.454 e. The van der Waals surface area contributed by atoms with Crippen molar-refractivity contribution in [1.29, 1.82) is 0 Å². The molecule has 2 heteroatoms. The molecule has 47 heavy (non-hydrogen) atoms. The highest BCUT2D eigenvalue weighted by Crippen LogP contribution is 2.45. The third-order valence-electron chi connectivity index (χ3n) is 9.38. The van der Waals surface area contributed by atoms with E-state index in [0.29, 0.717) is 0 Å². The Bertz CT molecular complexity index is 2560. The van der Waals surface area contributed by atoms with Crippen LogP contribution in [0.5, 0.6) is 0 Å². The van der Waals surface area contributed by atoms with Crippen LogP contribution in [0.3, 0.4) is 0 Å². The zero-order chi connectivity index (χ0) is 31.3. The van der Waals surface area contributed by atoms with E-state index in [0.717, 1.165) is 44.6 Å². The molecule has 0 fully saturated rings. The molecule has 1 aromatic heterocycles. The van der Waals surface area contributed by atoms with Crippen molar-refractivity contribution in [3.8, 4) is 22.3 Å². The Morgan fingerprint density at radius 1 is 0.426 bits per heavy atom. The van der Waals surface area contributed by atoms with Crippen LogP contribution in [0.2, 0.25) is 0 Å². The number of nitrogens with zero attached hydrogens (tertiary/aromatic N) is 1. The van der Waals surface area contributed by atoms with Crippen LogP contribution in [0.25, 0.3) is 65.7 Å². The first-order valence-corrected chi connectivity index (χ1v) is 16.1. The van der Waals surface area contributed by atoms with E-state index in [4.69, 9.17) is 4.42 Å². The van der Waals surface area contributed by atoms with Crippen LogP contribution in [0.15, 0.2) is 174 Å². The van der Waals surface area contributed by atoms with Crippen LogP contribution in [0.1, 0.15) is 5.56 Å². The van der Waals surface area contributed by atoms with Crippen LogP contribution in [-0.4, -0.2) is 0 Å². The topological polar surface area (TPSA) is 16.4 Å². The summed E-state index contributed by atoms with van der Waals surface area (Å²) in [5.41, 5.74) is 10.9. The molecule has 0 atom stereocenters. The van der Waals surface area contributed by atoms with Crippen molar-refractivity contribution in [2.24, 2.45) is 0 Å². The summed E-state index contributed by atoms with van der Waals surface area (Å²) in [4.78, 5) is 2.34. The van der Waals surface area contributed by atoms with Crippen molar-refractivity contribution in [1.82, 2.24) is 0 Å². The van der Waals surface area contributed by atoms with Gasteiger partial charge in [-0.05, 0) is 92.7 Å². The predicted molar refractivity (Wildman–Crippen MR) is 199 cm³/mol. The first-order chi connectivity index (χ1) is 23.2. The average Bonchev–Trinajstić information content (AvgIpc) is 3.52. The number of para-hydroxylation sites is 1. The number of furan rings is 1. The highest BCUT2D eigenvalue weighted by atomic mass is 16.3. The lowest BCUT2D eigenvalue weighted by Gasteiger charge is -2.27. The Morgan fingerprint density at radius 2 is 1.00 bits per heavy atom. The van der Waals surface area contributed by atoms with Crippen molar-refractivity contribution < 1.29 is 4.42 Å². The highest BCUT2D eigenvalue weighted by molar-refractivity contribution is 6.14. The fourth-order valence-electron chi connectivity index (χ4n) is 7.07. The van der Waals surface area contributed by atoms with Crippen molar-refractivity contribution in [2.45, 2.75) is 6.92 Å². The van der Waals surface area contributed by atoms with Gasteiger partial charge in [0.05, 0.1) is 5.69 Å². The van der Waals surface area contributed by atoms with Gasteiger partial charge in [0, 0.05) is 22.1 Å². The predicted octanol–water partition coefficient (Wildman–Crippen LogP) is 13.0. The highest BCUT2D eigenvalue weighted by Gasteiger charge is 2.22. The zero-order valence-corrected chi connectivity index (χ0v) is 26.0. The third kappa shape index (κ3) is 4.57. The quantitative estimate of drug-likeness (QED) is 0.182. The molecule has 0 aliphatic rings. The van der Waals surface area contributed by atoms with Gasteiger partial charge in [0.2, 0.25) is 0 Å². The molecule has 0 amide bonds. The molecule has 0 aliphatic carbocycles. The van der Waals surface area contributed by atoms with Crippen LogP contribution in [-0.2, 0) is 0 Å². The maximum atomic E-state index is 6.62. The van der Waals surface area contributed by atoms with E-state index >= 15 is 0 Å². The van der Waals surface area contributed by atoms with E-state index in [2.05, 4.69) is 176 Å².